The Kier molecular flexibility index (Phi) is 3.46. The number of rotatable bonds is 3. The third-order valence-corrected chi connectivity index (χ3v) is 4.49. The quantitative estimate of drug-likeness (QED) is 0.734. The molecule has 7 nitrogen and oxygen atoms in total. The lowest BCUT2D eigenvalue weighted by molar-refractivity contribution is 0.524. The van der Waals surface area contributed by atoms with Gasteiger partial charge in [0.25, 0.3) is 5.56 Å². The third-order valence-electron chi connectivity index (χ3n) is 4.49. The fourth-order valence-electron chi connectivity index (χ4n) is 3.18. The fraction of sp³-hybridized carbons (Fsp3) is 0.562. The first kappa shape index (κ1) is 15.6. The standard InChI is InChI=1S/C16H23N5O2/c1-7-19-14(22)12-13(18(6)16(19)23)17-15-20(8-9(2)3)10(4)11(5)21(12)15/h9H,7-8H2,1-6H3. The summed E-state index contributed by atoms with van der Waals surface area (Å²) in [4.78, 5) is 29.7. The summed E-state index contributed by atoms with van der Waals surface area (Å²) in [6, 6.07) is 0. The van der Waals surface area contributed by atoms with Gasteiger partial charge < -0.3 is 4.57 Å². The Morgan fingerprint density at radius 3 is 2.30 bits per heavy atom. The van der Waals surface area contributed by atoms with Crippen LogP contribution in [0.5, 0.6) is 0 Å². The highest BCUT2D eigenvalue weighted by Crippen LogP contribution is 2.21. The van der Waals surface area contributed by atoms with Gasteiger partial charge in [0.1, 0.15) is 0 Å². The van der Waals surface area contributed by atoms with Gasteiger partial charge in [-0.15, -0.1) is 0 Å². The van der Waals surface area contributed by atoms with Crippen molar-refractivity contribution in [3.8, 4) is 0 Å². The van der Waals surface area contributed by atoms with Crippen molar-refractivity contribution < 1.29 is 0 Å². The second kappa shape index (κ2) is 5.11. The van der Waals surface area contributed by atoms with Crippen molar-refractivity contribution in [2.75, 3.05) is 0 Å². The van der Waals surface area contributed by atoms with Crippen LogP contribution >= 0.6 is 0 Å². The van der Waals surface area contributed by atoms with Gasteiger partial charge in [-0.1, -0.05) is 13.8 Å². The number of fused-ring (bicyclic) bond motifs is 3. The van der Waals surface area contributed by atoms with Crippen LogP contribution in [0.2, 0.25) is 0 Å². The summed E-state index contributed by atoms with van der Waals surface area (Å²) in [5.41, 5.74) is 2.41. The van der Waals surface area contributed by atoms with Crippen LogP contribution in [0.15, 0.2) is 9.59 Å². The average Bonchev–Trinajstić information content (AvgIpc) is 2.98. The van der Waals surface area contributed by atoms with Crippen molar-refractivity contribution in [1.29, 1.82) is 0 Å². The van der Waals surface area contributed by atoms with Crippen LogP contribution in [0.3, 0.4) is 0 Å². The van der Waals surface area contributed by atoms with E-state index in [1.54, 1.807) is 14.0 Å². The van der Waals surface area contributed by atoms with Crippen molar-refractivity contribution in [3.05, 3.63) is 32.2 Å². The highest BCUT2D eigenvalue weighted by Gasteiger charge is 2.22. The molecular formula is C16H23N5O2. The van der Waals surface area contributed by atoms with Crippen molar-refractivity contribution in [2.24, 2.45) is 13.0 Å². The first-order valence-corrected chi connectivity index (χ1v) is 7.97. The molecule has 7 heteroatoms. The van der Waals surface area contributed by atoms with Crippen LogP contribution in [0.4, 0.5) is 0 Å². The van der Waals surface area contributed by atoms with E-state index in [4.69, 9.17) is 0 Å². The molecule has 0 spiro atoms. The largest absolute Gasteiger partial charge is 0.332 e. The molecule has 0 N–H and O–H groups in total. The maximum Gasteiger partial charge on any atom is 0.332 e. The minimum atomic E-state index is -0.324. The van der Waals surface area contributed by atoms with E-state index in [0.717, 1.165) is 23.7 Å². The van der Waals surface area contributed by atoms with Gasteiger partial charge in [-0.2, -0.15) is 4.98 Å². The fourth-order valence-corrected chi connectivity index (χ4v) is 3.18. The van der Waals surface area contributed by atoms with Crippen LogP contribution in [0, 0.1) is 19.8 Å². The minimum Gasteiger partial charge on any atom is -0.314 e. The average molecular weight is 317 g/mol. The van der Waals surface area contributed by atoms with Crippen LogP contribution in [-0.4, -0.2) is 23.1 Å². The Labute approximate surface area is 133 Å². The summed E-state index contributed by atoms with van der Waals surface area (Å²) in [7, 11) is 1.66. The number of aromatic nitrogens is 5. The van der Waals surface area contributed by atoms with Gasteiger partial charge in [-0.05, 0) is 26.7 Å². The molecule has 0 aliphatic rings. The molecule has 0 aromatic carbocycles. The summed E-state index contributed by atoms with van der Waals surface area (Å²) in [5, 5.41) is 0. The first-order valence-electron chi connectivity index (χ1n) is 7.97. The zero-order chi connectivity index (χ0) is 17.0. The zero-order valence-corrected chi connectivity index (χ0v) is 14.5. The summed E-state index contributed by atoms with van der Waals surface area (Å²) in [6.07, 6.45) is 0. The number of nitrogens with zero attached hydrogens (tertiary/aromatic N) is 5. The molecule has 3 heterocycles. The Balaban J connectivity index is 2.57. The van der Waals surface area contributed by atoms with Gasteiger partial charge in [-0.25, -0.2) is 4.79 Å². The highest BCUT2D eigenvalue weighted by atomic mass is 16.2. The van der Waals surface area contributed by atoms with Gasteiger partial charge in [0.05, 0.1) is 0 Å². The Bertz CT molecular complexity index is 1030. The summed E-state index contributed by atoms with van der Waals surface area (Å²) < 4.78 is 6.73. The van der Waals surface area contributed by atoms with E-state index in [0.29, 0.717) is 23.6 Å². The molecule has 3 aromatic rings. The number of aryl methyl sites for hydroxylation is 2. The molecule has 0 amide bonds. The second-order valence-corrected chi connectivity index (χ2v) is 6.49. The van der Waals surface area contributed by atoms with Crippen molar-refractivity contribution >= 4 is 16.9 Å². The number of hydrogen-bond acceptors (Lipinski definition) is 3. The van der Waals surface area contributed by atoms with Crippen LogP contribution in [0.25, 0.3) is 16.9 Å². The number of imidazole rings is 2. The predicted molar refractivity (Wildman–Crippen MR) is 90.2 cm³/mol. The van der Waals surface area contributed by atoms with E-state index in [1.165, 1.54) is 9.13 Å². The third kappa shape index (κ3) is 1.99. The van der Waals surface area contributed by atoms with Crippen molar-refractivity contribution in [1.82, 2.24) is 23.1 Å². The van der Waals surface area contributed by atoms with E-state index < -0.39 is 0 Å². The maximum atomic E-state index is 12.8. The van der Waals surface area contributed by atoms with Gasteiger partial charge in [0, 0.05) is 31.5 Å². The molecule has 0 fully saturated rings. The SMILES string of the molecule is CCn1c(=O)c2c(nc3n(CC(C)C)c(C)c(C)n23)n(C)c1=O. The number of hydrogen-bond donors (Lipinski definition) is 0. The van der Waals surface area contributed by atoms with E-state index >= 15 is 0 Å². The topological polar surface area (TPSA) is 66.2 Å². The van der Waals surface area contributed by atoms with Crippen molar-refractivity contribution in [2.45, 2.75) is 47.7 Å². The van der Waals surface area contributed by atoms with Crippen LogP contribution in [-0.2, 0) is 20.1 Å². The molecule has 124 valence electrons. The van der Waals surface area contributed by atoms with Crippen LogP contribution in [0.1, 0.15) is 32.2 Å². The van der Waals surface area contributed by atoms with E-state index in [9.17, 15) is 9.59 Å². The van der Waals surface area contributed by atoms with Crippen LogP contribution < -0.4 is 11.2 Å². The molecule has 3 rings (SSSR count). The molecule has 0 radical (unpaired) electrons. The lowest BCUT2D eigenvalue weighted by Crippen LogP contribution is -2.38. The van der Waals surface area contributed by atoms with Gasteiger partial charge in [-0.3, -0.25) is 18.3 Å². The Morgan fingerprint density at radius 2 is 1.74 bits per heavy atom. The van der Waals surface area contributed by atoms with E-state index in [1.807, 2.05) is 18.2 Å². The smallest absolute Gasteiger partial charge is 0.314 e. The summed E-state index contributed by atoms with van der Waals surface area (Å²) >= 11 is 0. The zero-order valence-electron chi connectivity index (χ0n) is 14.5. The summed E-state index contributed by atoms with van der Waals surface area (Å²) in [5.74, 6) is 1.19. The maximum absolute atomic E-state index is 12.8. The van der Waals surface area contributed by atoms with Gasteiger partial charge in [0.2, 0.25) is 5.78 Å². The molecule has 0 aliphatic carbocycles. The lowest BCUT2D eigenvalue weighted by atomic mass is 10.2. The second-order valence-electron chi connectivity index (χ2n) is 6.49. The monoisotopic (exact) mass is 317 g/mol. The molecule has 3 aromatic heterocycles. The van der Waals surface area contributed by atoms with Crippen molar-refractivity contribution in [3.63, 3.8) is 0 Å². The van der Waals surface area contributed by atoms with Gasteiger partial charge in [0.15, 0.2) is 11.2 Å². The molecule has 0 bridgehead atoms. The molecular weight excluding hydrogens is 294 g/mol. The normalized spacial score (nSPS) is 12.1. The minimum absolute atomic E-state index is 0.275. The van der Waals surface area contributed by atoms with E-state index in [-0.39, 0.29) is 11.2 Å². The lowest BCUT2D eigenvalue weighted by Gasteiger charge is -2.09. The van der Waals surface area contributed by atoms with E-state index in [2.05, 4.69) is 23.4 Å². The van der Waals surface area contributed by atoms with Gasteiger partial charge >= 0.3 is 5.69 Å². The molecule has 0 atom stereocenters. The predicted octanol–water partition coefficient (Wildman–Crippen LogP) is 1.44. The first-order chi connectivity index (χ1) is 10.8. The highest BCUT2D eigenvalue weighted by molar-refractivity contribution is 5.76. The molecule has 0 aliphatic heterocycles. The Morgan fingerprint density at radius 1 is 1.09 bits per heavy atom. The molecule has 0 unspecified atom stereocenters. The molecule has 0 saturated heterocycles. The molecule has 23 heavy (non-hydrogen) atoms. The Hall–Kier alpha value is -2.31. The molecule has 0 saturated carbocycles. The summed E-state index contributed by atoms with van der Waals surface area (Å²) in [6.45, 7) is 11.3.